The van der Waals surface area contributed by atoms with Crippen molar-refractivity contribution in [2.45, 2.75) is 12.8 Å². The van der Waals surface area contributed by atoms with E-state index in [2.05, 4.69) is 40.4 Å². The number of nitrogens with one attached hydrogen (secondary N) is 1. The maximum absolute atomic E-state index is 11.9. The van der Waals surface area contributed by atoms with Crippen LogP contribution in [0, 0.1) is 0 Å². The van der Waals surface area contributed by atoms with E-state index in [9.17, 15) is 4.79 Å². The number of ether oxygens (including phenoxy) is 1. The molecule has 0 radical (unpaired) electrons. The molecule has 0 aliphatic carbocycles. The molecule has 0 bridgehead atoms. The van der Waals surface area contributed by atoms with Gasteiger partial charge in [0.05, 0.1) is 13.2 Å². The van der Waals surface area contributed by atoms with Gasteiger partial charge < -0.3 is 15.0 Å². The lowest BCUT2D eigenvalue weighted by atomic mass is 9.99. The Hall–Kier alpha value is -1.85. The first-order valence-corrected chi connectivity index (χ1v) is 8.82. The highest BCUT2D eigenvalue weighted by Gasteiger charge is 2.13. The fraction of sp³-hybridized carbons (Fsp3) is 0.526. The first-order chi connectivity index (χ1) is 11.7. The summed E-state index contributed by atoms with van der Waals surface area (Å²) < 4.78 is 5.32. The number of carbonyl (C=O) groups excluding carboxylic acids is 1. The fourth-order valence-electron chi connectivity index (χ4n) is 3.30. The van der Waals surface area contributed by atoms with E-state index >= 15 is 0 Å². The van der Waals surface area contributed by atoms with E-state index in [0.29, 0.717) is 6.54 Å². The van der Waals surface area contributed by atoms with Crippen LogP contribution < -0.4 is 10.2 Å². The fourth-order valence-corrected chi connectivity index (χ4v) is 3.30. The smallest absolute Gasteiger partial charge is 0.244 e. The van der Waals surface area contributed by atoms with Gasteiger partial charge in [-0.15, -0.1) is 0 Å². The van der Waals surface area contributed by atoms with Gasteiger partial charge in [-0.3, -0.25) is 9.69 Å². The number of hydrogen-bond donors (Lipinski definition) is 1. The minimum Gasteiger partial charge on any atom is -0.379 e. The van der Waals surface area contributed by atoms with E-state index in [4.69, 9.17) is 4.74 Å². The zero-order chi connectivity index (χ0) is 16.8. The SMILES string of the molecule is CN1CCCc2cc(C=CC(=O)NCCN3CCOCC3)ccc21. The van der Waals surface area contributed by atoms with Gasteiger partial charge in [-0.1, -0.05) is 6.07 Å². The molecule has 2 heterocycles. The van der Waals surface area contributed by atoms with Gasteiger partial charge in [-0.2, -0.15) is 0 Å². The molecule has 1 amide bonds. The average Bonchev–Trinajstić information content (AvgIpc) is 2.61. The van der Waals surface area contributed by atoms with E-state index in [-0.39, 0.29) is 5.91 Å². The standard InChI is InChI=1S/C19H27N3O2/c1-21-9-2-3-17-15-16(4-6-18(17)21)5-7-19(23)20-8-10-22-11-13-24-14-12-22/h4-7,15H,2-3,8-14H2,1H3,(H,20,23). The van der Waals surface area contributed by atoms with Crippen LogP contribution in [0.4, 0.5) is 5.69 Å². The summed E-state index contributed by atoms with van der Waals surface area (Å²) >= 11 is 0. The molecule has 5 heteroatoms. The lowest BCUT2D eigenvalue weighted by molar-refractivity contribution is -0.116. The molecule has 5 nitrogen and oxygen atoms in total. The van der Waals surface area contributed by atoms with Gasteiger partial charge in [-0.25, -0.2) is 0 Å². The Balaban J connectivity index is 1.47. The lowest BCUT2D eigenvalue weighted by Crippen LogP contribution is -2.41. The minimum atomic E-state index is -0.0295. The van der Waals surface area contributed by atoms with Gasteiger partial charge in [0, 0.05) is 51.5 Å². The lowest BCUT2D eigenvalue weighted by Gasteiger charge is -2.27. The summed E-state index contributed by atoms with van der Waals surface area (Å²) in [6.45, 7) is 6.17. The highest BCUT2D eigenvalue weighted by atomic mass is 16.5. The van der Waals surface area contributed by atoms with Crippen LogP contribution in [0.5, 0.6) is 0 Å². The van der Waals surface area contributed by atoms with Crippen LogP contribution in [0.3, 0.4) is 0 Å². The van der Waals surface area contributed by atoms with Crippen LogP contribution in [0.2, 0.25) is 0 Å². The quantitative estimate of drug-likeness (QED) is 0.832. The second-order valence-electron chi connectivity index (χ2n) is 6.49. The summed E-state index contributed by atoms with van der Waals surface area (Å²) in [6, 6.07) is 6.44. The third-order valence-corrected chi connectivity index (χ3v) is 4.71. The molecule has 2 aliphatic rings. The Morgan fingerprint density at radius 2 is 2.12 bits per heavy atom. The molecule has 3 rings (SSSR count). The van der Waals surface area contributed by atoms with E-state index in [1.165, 1.54) is 17.7 Å². The molecule has 0 saturated carbocycles. The molecule has 1 fully saturated rings. The number of fused-ring (bicyclic) bond motifs is 1. The van der Waals surface area contributed by atoms with E-state index < -0.39 is 0 Å². The van der Waals surface area contributed by atoms with Gasteiger partial charge in [0.2, 0.25) is 5.91 Å². The molecule has 2 aliphatic heterocycles. The number of carbonyl (C=O) groups is 1. The third-order valence-electron chi connectivity index (χ3n) is 4.71. The van der Waals surface area contributed by atoms with Crippen molar-refractivity contribution in [3.05, 3.63) is 35.4 Å². The van der Waals surface area contributed by atoms with Crippen molar-refractivity contribution in [3.8, 4) is 0 Å². The number of nitrogens with zero attached hydrogens (tertiary/aromatic N) is 2. The number of amides is 1. The van der Waals surface area contributed by atoms with Crippen LogP contribution in [0.25, 0.3) is 6.08 Å². The first kappa shape index (κ1) is 17.0. The molecule has 24 heavy (non-hydrogen) atoms. The topological polar surface area (TPSA) is 44.8 Å². The molecule has 0 spiro atoms. The zero-order valence-corrected chi connectivity index (χ0v) is 14.5. The van der Waals surface area contributed by atoms with Crippen LogP contribution >= 0.6 is 0 Å². The van der Waals surface area contributed by atoms with Crippen molar-refractivity contribution in [1.82, 2.24) is 10.2 Å². The molecule has 1 aromatic rings. The summed E-state index contributed by atoms with van der Waals surface area (Å²) in [5.74, 6) is -0.0295. The van der Waals surface area contributed by atoms with Crippen molar-refractivity contribution < 1.29 is 9.53 Å². The van der Waals surface area contributed by atoms with Crippen molar-refractivity contribution in [3.63, 3.8) is 0 Å². The average molecular weight is 329 g/mol. The summed E-state index contributed by atoms with van der Waals surface area (Å²) in [5.41, 5.74) is 3.78. The summed E-state index contributed by atoms with van der Waals surface area (Å²) in [4.78, 5) is 16.6. The molecule has 1 saturated heterocycles. The van der Waals surface area contributed by atoms with Crippen LogP contribution in [0.15, 0.2) is 24.3 Å². The largest absolute Gasteiger partial charge is 0.379 e. The van der Waals surface area contributed by atoms with Crippen molar-refractivity contribution in [2.75, 3.05) is 57.9 Å². The van der Waals surface area contributed by atoms with Crippen LogP contribution in [0.1, 0.15) is 17.5 Å². The van der Waals surface area contributed by atoms with Crippen molar-refractivity contribution in [2.24, 2.45) is 0 Å². The van der Waals surface area contributed by atoms with Crippen molar-refractivity contribution >= 4 is 17.7 Å². The molecular formula is C19H27N3O2. The van der Waals surface area contributed by atoms with E-state index in [1.807, 2.05) is 6.08 Å². The van der Waals surface area contributed by atoms with E-state index in [0.717, 1.165) is 51.4 Å². The van der Waals surface area contributed by atoms with Crippen molar-refractivity contribution in [1.29, 1.82) is 0 Å². The second-order valence-corrected chi connectivity index (χ2v) is 6.49. The number of anilines is 1. The predicted octanol–water partition coefficient (Wildman–Crippen LogP) is 1.53. The molecule has 130 valence electrons. The molecule has 0 atom stereocenters. The monoisotopic (exact) mass is 329 g/mol. The number of rotatable bonds is 5. The Kier molecular flexibility index (Phi) is 5.88. The summed E-state index contributed by atoms with van der Waals surface area (Å²) in [6.07, 6.45) is 5.85. The zero-order valence-electron chi connectivity index (χ0n) is 14.5. The molecule has 0 aromatic heterocycles. The van der Waals surface area contributed by atoms with Gasteiger partial charge in [0.1, 0.15) is 0 Å². The summed E-state index contributed by atoms with van der Waals surface area (Å²) in [7, 11) is 2.13. The summed E-state index contributed by atoms with van der Waals surface area (Å²) in [5, 5.41) is 2.95. The van der Waals surface area contributed by atoms with Crippen LogP contribution in [-0.4, -0.2) is 63.8 Å². The second kappa shape index (κ2) is 8.31. The Bertz CT molecular complexity index is 594. The number of hydrogen-bond acceptors (Lipinski definition) is 4. The Morgan fingerprint density at radius 3 is 2.96 bits per heavy atom. The molecule has 1 aromatic carbocycles. The number of morpholine rings is 1. The number of aryl methyl sites for hydroxylation is 1. The van der Waals surface area contributed by atoms with Gasteiger partial charge in [0.15, 0.2) is 0 Å². The predicted molar refractivity (Wildman–Crippen MR) is 97.3 cm³/mol. The first-order valence-electron chi connectivity index (χ1n) is 8.82. The normalized spacial score (nSPS) is 18.6. The van der Waals surface area contributed by atoms with Gasteiger partial charge in [-0.05, 0) is 42.2 Å². The highest BCUT2D eigenvalue weighted by molar-refractivity contribution is 5.91. The van der Waals surface area contributed by atoms with Gasteiger partial charge >= 0.3 is 0 Å². The third kappa shape index (κ3) is 4.58. The maximum Gasteiger partial charge on any atom is 0.244 e. The minimum absolute atomic E-state index is 0.0295. The molecule has 1 N–H and O–H groups in total. The van der Waals surface area contributed by atoms with Crippen LogP contribution in [-0.2, 0) is 16.0 Å². The van der Waals surface area contributed by atoms with E-state index in [1.54, 1.807) is 6.08 Å². The Morgan fingerprint density at radius 1 is 1.29 bits per heavy atom. The number of benzene rings is 1. The molecule has 0 unspecified atom stereocenters. The Labute approximate surface area is 144 Å². The maximum atomic E-state index is 11.9. The van der Waals surface area contributed by atoms with Gasteiger partial charge in [0.25, 0.3) is 0 Å². The molecular weight excluding hydrogens is 302 g/mol. The highest BCUT2D eigenvalue weighted by Crippen LogP contribution is 2.27.